The molecule has 5 nitrogen and oxygen atoms in total. The first-order valence-corrected chi connectivity index (χ1v) is 50.3. The monoisotopic (exact) mass is 1750 g/mol. The summed E-state index contributed by atoms with van der Waals surface area (Å²) < 4.78 is 8.16. The van der Waals surface area contributed by atoms with Gasteiger partial charge in [0.15, 0.2) is 0 Å². The average Bonchev–Trinajstić information content (AvgIpc) is 0.932. The van der Waals surface area contributed by atoms with Crippen LogP contribution in [0.5, 0.6) is 0 Å². The normalized spacial score (nSPS) is 15.1. The number of aryl methyl sites for hydroxylation is 1. The fourth-order valence-electron chi connectivity index (χ4n) is 25.8. The summed E-state index contributed by atoms with van der Waals surface area (Å²) in [6.45, 7) is 26.0. The molecule has 0 saturated heterocycles. The van der Waals surface area contributed by atoms with Gasteiger partial charge in [0, 0.05) is 79.2 Å². The molecule has 0 fully saturated rings. The van der Waals surface area contributed by atoms with E-state index in [0.29, 0.717) is 5.92 Å². The van der Waals surface area contributed by atoms with Crippen molar-refractivity contribution in [2.45, 2.75) is 141 Å². The van der Waals surface area contributed by atoms with Crippen LogP contribution < -0.4 is 26.2 Å². The van der Waals surface area contributed by atoms with E-state index in [1.165, 1.54) is 272 Å². The SMILES string of the molecule is CCc1ccc2c3cc4c5ccc(CC(C)(C)c6cc7c8c(c6)-n6c9cc(C(C)C)ccc9c9cc%10c%11ccccc%11c%11ccccc%11c%10c(c96)[SH]8c6cccc8c6N7c6ccccc6S8)cc5c5ccccc5c4c4c3n(c2c1)-c1cc(-n2c3ccc(C(C)(C)C)cc3c3cc(C(C)(C)C)ccc32)cc2c1B4c1cccc3c1N2c1ccccc1C3(c1ccccc1)c1ccccc1. The summed E-state index contributed by atoms with van der Waals surface area (Å²) in [4.78, 5) is 12.4. The highest BCUT2D eigenvalue weighted by molar-refractivity contribution is 8.18. The zero-order chi connectivity index (χ0) is 89.5. The van der Waals surface area contributed by atoms with Crippen LogP contribution in [-0.4, -0.2) is 20.4 Å². The van der Waals surface area contributed by atoms with Gasteiger partial charge in [-0.05, 0) is 269 Å². The first-order valence-electron chi connectivity index (χ1n) is 48.1. The Morgan fingerprint density at radius 3 is 1.57 bits per heavy atom. The van der Waals surface area contributed by atoms with Gasteiger partial charge in [0.1, 0.15) is 0 Å². The molecule has 0 bridgehead atoms. The Kier molecular flexibility index (Phi) is 15.6. The van der Waals surface area contributed by atoms with Gasteiger partial charge in [-0.1, -0.05) is 331 Å². The van der Waals surface area contributed by atoms with Crippen LogP contribution >= 0.6 is 22.7 Å². The first-order chi connectivity index (χ1) is 65.3. The predicted molar refractivity (Wildman–Crippen MR) is 572 cm³/mol. The number of nitrogens with zero attached hydrogens (tertiary/aromatic N) is 5. The average molecular weight is 1760 g/mol. The van der Waals surface area contributed by atoms with E-state index in [1.807, 2.05) is 11.8 Å². The Morgan fingerprint density at radius 2 is 0.873 bits per heavy atom. The molecule has 23 aromatic rings. The number of benzene rings is 20. The number of thiol groups is 1. The summed E-state index contributed by atoms with van der Waals surface area (Å²) in [7, 11) is -1.17. The number of hydrogen-bond acceptors (Lipinski definition) is 3. The third-order valence-corrected chi connectivity index (χ3v) is 35.7. The van der Waals surface area contributed by atoms with E-state index < -0.39 is 21.7 Å². The van der Waals surface area contributed by atoms with Crippen molar-refractivity contribution in [1.82, 2.24) is 13.7 Å². The standard InChI is InChI=1S/C126H96BN5S2/c1-12-72-49-55-86-95-68-93-85-54-50-73(70-125(10,11)79-64-108-121-109(65-79)132-105-61-74(71(2)3)51-56-87(105)96-69-94-83-37-20-19-35-81(83)82-36-21-24-40-89(82)114(94)122(118(96)132)134(121)112-48-30-47-111-120(112)130(108)103-45-27-28-46-110(103)133-111)59-90(85)84-38-22-23-39-88(84)113(93)116-117(95)131(104(86)60-72)107-67-80(128-100-57-52-77(123(4,5)6)62-91(100)92-63-78(124(7,8)9)53-58-101(92)128)66-106-115(107)127(116)99-43-29-42-98-119(99)129(106)102-44-26-25-41-97(102)126(98,75-31-15-13-16-32-75)76-33-17-14-18-34-76/h13-69,71,134H,12,70H2,1-11H3. The molecule has 640 valence electrons. The van der Waals surface area contributed by atoms with Gasteiger partial charge in [0.25, 0.3) is 6.71 Å². The predicted octanol–water partition coefficient (Wildman–Crippen LogP) is 32.0. The number of para-hydroxylation sites is 4. The van der Waals surface area contributed by atoms with Gasteiger partial charge in [0.05, 0.1) is 72.6 Å². The van der Waals surface area contributed by atoms with E-state index >= 15 is 0 Å². The molecular formula is C126H96BN5S2. The third kappa shape index (κ3) is 10.1. The van der Waals surface area contributed by atoms with Crippen LogP contribution in [0.1, 0.15) is 138 Å². The van der Waals surface area contributed by atoms with Gasteiger partial charge >= 0.3 is 0 Å². The minimum atomic E-state index is -1.17. The van der Waals surface area contributed by atoms with E-state index in [1.54, 1.807) is 0 Å². The molecule has 0 saturated carbocycles. The molecule has 3 aromatic heterocycles. The van der Waals surface area contributed by atoms with Crippen molar-refractivity contribution in [3.63, 3.8) is 0 Å². The van der Waals surface area contributed by atoms with Crippen LogP contribution in [0.3, 0.4) is 0 Å². The molecular weight excluding hydrogens is 1660 g/mol. The highest BCUT2D eigenvalue weighted by atomic mass is 32.2. The zero-order valence-corrected chi connectivity index (χ0v) is 78.8. The van der Waals surface area contributed by atoms with Gasteiger partial charge in [-0.2, -0.15) is 10.9 Å². The molecule has 134 heavy (non-hydrogen) atoms. The van der Waals surface area contributed by atoms with Crippen molar-refractivity contribution in [2.75, 3.05) is 9.80 Å². The maximum Gasteiger partial charge on any atom is 0.253 e. The molecule has 0 spiro atoms. The summed E-state index contributed by atoms with van der Waals surface area (Å²) in [6, 6.07) is 137. The molecule has 1 unspecified atom stereocenters. The first kappa shape index (κ1) is 77.3. The number of hydrogen-bond donors (Lipinski definition) is 1. The van der Waals surface area contributed by atoms with Crippen molar-refractivity contribution in [3.05, 3.63) is 401 Å². The van der Waals surface area contributed by atoms with Crippen LogP contribution in [0.15, 0.2) is 370 Å². The zero-order valence-electron chi connectivity index (χ0n) is 77.1. The van der Waals surface area contributed by atoms with Gasteiger partial charge in [-0.15, -0.1) is 0 Å². The molecule has 6 aliphatic rings. The van der Waals surface area contributed by atoms with Gasteiger partial charge in [0.2, 0.25) is 0 Å². The molecule has 0 N–H and O–H groups in total. The van der Waals surface area contributed by atoms with Crippen LogP contribution in [0.25, 0.3) is 147 Å². The fraction of sp³-hybridized carbons (Fsp3) is 0.143. The number of anilines is 6. The van der Waals surface area contributed by atoms with E-state index in [2.05, 4.69) is 445 Å². The van der Waals surface area contributed by atoms with E-state index in [0.717, 1.165) is 18.5 Å². The lowest BCUT2D eigenvalue weighted by Gasteiger charge is -2.50. The smallest absolute Gasteiger partial charge is 0.253 e. The van der Waals surface area contributed by atoms with Crippen LogP contribution in [0, 0.1) is 0 Å². The Bertz CT molecular complexity index is 9200. The summed E-state index contributed by atoms with van der Waals surface area (Å²) >= 11 is 1.94. The van der Waals surface area contributed by atoms with Gasteiger partial charge < -0.3 is 23.5 Å². The van der Waals surface area contributed by atoms with Crippen LogP contribution in [0.4, 0.5) is 34.1 Å². The summed E-state index contributed by atoms with van der Waals surface area (Å²) in [5.41, 5.74) is 34.5. The van der Waals surface area contributed by atoms with Crippen molar-refractivity contribution < 1.29 is 0 Å². The Labute approximate surface area is 787 Å². The second kappa shape index (κ2) is 27.0. The second-order valence-electron chi connectivity index (χ2n) is 42.0. The molecule has 1 atom stereocenters. The lowest BCUT2D eigenvalue weighted by atomic mass is 9.32. The quantitative estimate of drug-likeness (QED) is 0.0931. The highest BCUT2D eigenvalue weighted by Crippen LogP contribution is 2.74. The molecule has 0 radical (unpaired) electrons. The van der Waals surface area contributed by atoms with Crippen LogP contribution in [-0.2, 0) is 34.5 Å². The van der Waals surface area contributed by atoms with E-state index in [-0.39, 0.29) is 17.5 Å². The van der Waals surface area contributed by atoms with Crippen molar-refractivity contribution in [3.8, 4) is 17.1 Å². The Hall–Kier alpha value is -14.3. The maximum atomic E-state index is 2.77. The topological polar surface area (TPSA) is 21.3 Å². The molecule has 6 aliphatic heterocycles. The minimum Gasteiger partial charge on any atom is -0.311 e. The number of fused-ring (bicyclic) bond motifs is 35. The largest absolute Gasteiger partial charge is 0.311 e. The molecule has 20 aromatic carbocycles. The van der Waals surface area contributed by atoms with E-state index in [9.17, 15) is 0 Å². The van der Waals surface area contributed by atoms with E-state index in [4.69, 9.17) is 0 Å². The highest BCUT2D eigenvalue weighted by Gasteiger charge is 2.54. The van der Waals surface area contributed by atoms with Gasteiger partial charge in [-0.3, -0.25) is 0 Å². The molecule has 9 heterocycles. The van der Waals surface area contributed by atoms with Crippen molar-refractivity contribution in [2.24, 2.45) is 0 Å². The summed E-state index contributed by atoms with van der Waals surface area (Å²) in [5, 5.41) is 23.4. The van der Waals surface area contributed by atoms with Crippen LogP contribution in [0.2, 0.25) is 0 Å². The van der Waals surface area contributed by atoms with Crippen molar-refractivity contribution in [1.29, 1.82) is 0 Å². The molecule has 0 aliphatic carbocycles. The summed E-state index contributed by atoms with van der Waals surface area (Å²) in [5.74, 6) is 0.334. The number of rotatable bonds is 8. The summed E-state index contributed by atoms with van der Waals surface area (Å²) in [6.07, 6.45) is 1.71. The maximum absolute atomic E-state index is 2.77. The van der Waals surface area contributed by atoms with Gasteiger partial charge in [-0.25, -0.2) is 0 Å². The third-order valence-electron chi connectivity index (χ3n) is 31.9. The molecule has 8 heteroatoms. The number of aromatic nitrogens is 3. The lowest BCUT2D eigenvalue weighted by Crippen LogP contribution is -2.62. The minimum absolute atomic E-state index is 0.0659. The second-order valence-corrected chi connectivity index (χ2v) is 45.1. The van der Waals surface area contributed by atoms with Crippen molar-refractivity contribution >= 4 is 210 Å². The lowest BCUT2D eigenvalue weighted by molar-refractivity contribution is 0.522. The molecule has 0 amide bonds. The Balaban J connectivity index is 0.686. The molecule has 29 rings (SSSR count). The Morgan fingerprint density at radius 1 is 0.336 bits per heavy atom. The fourth-order valence-corrected chi connectivity index (χ4v) is 30.0.